The molecule has 30 heteroatoms. The van der Waals surface area contributed by atoms with Gasteiger partial charge in [0.15, 0.2) is 0 Å². The average Bonchev–Trinajstić information content (AvgIpc) is 0.898. The molecule has 12 aromatic rings. The summed E-state index contributed by atoms with van der Waals surface area (Å²) < 4.78 is 19.5. The molecule has 12 heterocycles. The van der Waals surface area contributed by atoms with Crippen molar-refractivity contribution in [2.24, 2.45) is 0 Å². The largest absolute Gasteiger partial charge is 0.337 e. The molecule has 0 fully saturated rings. The number of nitrogens with zero attached hydrogens (tertiary/aromatic N) is 18. The first kappa shape index (κ1) is 68.0. The minimum atomic E-state index is -0.504. The summed E-state index contributed by atoms with van der Waals surface area (Å²) in [4.78, 5) is 183. The number of benzene rings is 6. The molecule has 6 aromatic heterocycles. The molecule has 30 nitrogen and oxygen atoms in total. The molecule has 6 aromatic carbocycles. The van der Waals surface area contributed by atoms with Crippen LogP contribution in [0.15, 0.2) is 185 Å². The number of hydrogen-bond acceptors (Lipinski definition) is 14. The van der Waals surface area contributed by atoms with E-state index in [9.17, 15) is 57.5 Å². The van der Waals surface area contributed by atoms with Crippen LogP contribution in [0, 0.1) is 0 Å². The van der Waals surface area contributed by atoms with Gasteiger partial charge in [-0.15, -0.1) is 0 Å². The normalized spacial score (nSPS) is 15.2. The van der Waals surface area contributed by atoms with Crippen LogP contribution in [0.25, 0.3) is 32.3 Å². The summed E-state index contributed by atoms with van der Waals surface area (Å²) in [5.74, 6) is -5.79. The molecule has 0 bridgehead atoms. The molecule has 6 aliphatic heterocycles. The van der Waals surface area contributed by atoms with Crippen molar-refractivity contribution in [2.75, 3.05) is 39.3 Å². The van der Waals surface area contributed by atoms with Gasteiger partial charge >= 0.3 is 0 Å². The highest BCUT2D eigenvalue weighted by Crippen LogP contribution is 2.42. The second-order valence-electron chi connectivity index (χ2n) is 28.5. The molecule has 0 radical (unpaired) electrons. The number of rotatable bonds is 28. The summed E-state index contributed by atoms with van der Waals surface area (Å²) >= 11 is 0. The van der Waals surface area contributed by atoms with Crippen LogP contribution in [0.1, 0.15) is 163 Å². The van der Waals surface area contributed by atoms with Gasteiger partial charge in [-0.3, -0.25) is 86.9 Å². The fraction of sp³-hybridized carbons (Fsp3) is 0.250. The third-order valence-corrected chi connectivity index (χ3v) is 21.7. The lowest BCUT2D eigenvalue weighted by molar-refractivity contribution is -0.913. The maximum Gasteiger partial charge on any atom is 0.261 e. The van der Waals surface area contributed by atoms with E-state index in [4.69, 9.17) is 0 Å². The van der Waals surface area contributed by atoms with Crippen LogP contribution in [0.5, 0.6) is 0 Å². The van der Waals surface area contributed by atoms with Crippen LogP contribution in [-0.4, -0.2) is 177 Å². The van der Waals surface area contributed by atoms with E-state index in [0.29, 0.717) is 123 Å². The van der Waals surface area contributed by atoms with Gasteiger partial charge < -0.3 is 9.13 Å². The van der Waals surface area contributed by atoms with Crippen molar-refractivity contribution in [1.29, 1.82) is 0 Å². The molecule has 0 saturated carbocycles. The number of aryl methyl sites for hydroxylation is 6. The molecular weight excluding hydrogens is 1400 g/mol. The third kappa shape index (κ3) is 11.5. The molecule has 6 aliphatic rings. The highest BCUT2D eigenvalue weighted by molar-refractivity contribution is 6.36. The van der Waals surface area contributed by atoms with E-state index in [1.165, 1.54) is 29.4 Å². The number of hydrogen-bond donors (Lipinski definition) is 0. The Labute approximate surface area is 625 Å². The first-order valence-electron chi connectivity index (χ1n) is 36.6. The Balaban J connectivity index is 0.438. The highest BCUT2D eigenvalue weighted by Gasteiger charge is 2.44. The van der Waals surface area contributed by atoms with E-state index >= 15 is 0 Å². The smallest absolute Gasteiger partial charge is 0.261 e. The summed E-state index contributed by atoms with van der Waals surface area (Å²) in [6.45, 7) is 4.95. The fourth-order valence-electron chi connectivity index (χ4n) is 16.4. The van der Waals surface area contributed by atoms with Crippen molar-refractivity contribution in [2.45, 2.75) is 91.1 Å². The monoisotopic (exact) mass is 1470 g/mol. The predicted octanol–water partition coefficient (Wildman–Crippen LogP) is 5.02. The van der Waals surface area contributed by atoms with Crippen LogP contribution >= 0.6 is 0 Å². The summed E-state index contributed by atoms with van der Waals surface area (Å²) in [6, 6.07) is 18.9. The van der Waals surface area contributed by atoms with Crippen LogP contribution in [-0.2, 0) is 52.6 Å². The van der Waals surface area contributed by atoms with Gasteiger partial charge in [0, 0.05) is 202 Å². The standard InChI is InChI=1S/C80H70N18O12/c99-69-51-7-11-55-65-56(12-8-52(63(51)65)70(100)93(69)27-1-21-83-33-19-81-43-83)74(104)95(73(55)103)29-3-23-85-35-39-89(45-85)49-91-41-37-87(47-91)25-5-31-97-77(107)59-15-17-61-68-62(18-16-60(67(59)68)78(97)108)80(110)98(79(61)109)32-6-26-88-38-42-92(48-88)50-90-40-36-86(46-90)24-4-30-96-75(105)57-13-9-53-64-54(10-14-58(66(57)64)76(96)106)72(102)94(71(53)101)28-2-22-84-34-20-82-44-84/h7-20,33-48H,1-6,21-32,49-50H2/q+4. The molecule has 110 heavy (non-hydrogen) atoms. The molecular formula is C80H70N18O12+4. The molecule has 0 unspecified atom stereocenters. The number of aromatic nitrogens is 12. The van der Waals surface area contributed by atoms with Crippen molar-refractivity contribution < 1.29 is 75.8 Å². The Morgan fingerprint density at radius 3 is 0.555 bits per heavy atom. The second kappa shape index (κ2) is 27.2. The van der Waals surface area contributed by atoms with Gasteiger partial charge in [0.25, 0.3) is 70.9 Å². The third-order valence-electron chi connectivity index (χ3n) is 21.7. The van der Waals surface area contributed by atoms with Gasteiger partial charge in [0.1, 0.15) is 49.6 Å². The Morgan fingerprint density at radius 2 is 0.391 bits per heavy atom. The van der Waals surface area contributed by atoms with Crippen molar-refractivity contribution in [3.05, 3.63) is 252 Å². The predicted molar refractivity (Wildman–Crippen MR) is 386 cm³/mol. The molecule has 0 atom stereocenters. The lowest BCUT2D eigenvalue weighted by atomic mass is 9.86. The quantitative estimate of drug-likeness (QED) is 0.0459. The van der Waals surface area contributed by atoms with Crippen LogP contribution in [0.2, 0.25) is 0 Å². The van der Waals surface area contributed by atoms with E-state index in [-0.39, 0.29) is 106 Å². The lowest BCUT2D eigenvalue weighted by Gasteiger charge is -2.32. The molecule has 0 aliphatic carbocycles. The first-order valence-corrected chi connectivity index (χ1v) is 36.6. The molecule has 548 valence electrons. The van der Waals surface area contributed by atoms with Crippen molar-refractivity contribution in [3.63, 3.8) is 0 Å². The van der Waals surface area contributed by atoms with E-state index in [0.717, 1.165) is 0 Å². The van der Waals surface area contributed by atoms with Crippen LogP contribution in [0.3, 0.4) is 0 Å². The molecule has 18 rings (SSSR count). The van der Waals surface area contributed by atoms with Gasteiger partial charge in [0.05, 0.1) is 38.8 Å². The van der Waals surface area contributed by atoms with Gasteiger partial charge in [-0.25, -0.2) is 28.2 Å². The molecule has 0 N–H and O–H groups in total. The summed E-state index contributed by atoms with van der Waals surface area (Å²) in [5.41, 5.74) is 3.20. The number of amides is 12. The average molecular weight is 1480 g/mol. The Kier molecular flexibility index (Phi) is 16.8. The molecule has 12 amide bonds. The number of imide groups is 6. The number of imidazole rings is 6. The SMILES string of the molecule is O=C1c2ccc3c4c(ccc(c24)C(=O)N1CCCn1ccnc1)C(=O)N(CCCn1cc[n+](C[n+]2ccn(CCCN4C(=O)c5ccc6c7c(ccc(c57)C4=O)C(=O)N(CCCn4cc[n+](C[n+]5ccn(CCCN7C(=O)c8ccc9c%10c(ccc(c8%10)C7=O)C(=O)N(CCCn7ccnc7)C9=O)c5)c4)C6=O)c2)c1)C3=O. The van der Waals surface area contributed by atoms with E-state index in [1.54, 1.807) is 97.8 Å². The Hall–Kier alpha value is -13.8. The van der Waals surface area contributed by atoms with E-state index < -0.39 is 70.9 Å². The number of carbonyl (C=O) groups is 12. The maximum absolute atomic E-state index is 14.2. The van der Waals surface area contributed by atoms with Gasteiger partial charge in [0.2, 0.25) is 38.6 Å². The number of carbonyl (C=O) groups excluding carboxylic acids is 12. The molecule has 0 spiro atoms. The van der Waals surface area contributed by atoms with Crippen molar-refractivity contribution in [1.82, 2.24) is 66.8 Å². The van der Waals surface area contributed by atoms with E-state index in [1.807, 2.05) is 133 Å². The van der Waals surface area contributed by atoms with Gasteiger partial charge in [-0.1, -0.05) is 0 Å². The Morgan fingerprint density at radius 1 is 0.218 bits per heavy atom. The van der Waals surface area contributed by atoms with Gasteiger partial charge in [-0.2, -0.15) is 18.3 Å². The summed E-state index contributed by atoms with van der Waals surface area (Å²) in [5, 5.41) is 1.95. The van der Waals surface area contributed by atoms with Crippen LogP contribution in [0.4, 0.5) is 0 Å². The topological polar surface area (TPSA) is 295 Å². The second-order valence-corrected chi connectivity index (χ2v) is 28.5. The van der Waals surface area contributed by atoms with Crippen LogP contribution < -0.4 is 18.3 Å². The van der Waals surface area contributed by atoms with Crippen molar-refractivity contribution in [3.8, 4) is 0 Å². The minimum Gasteiger partial charge on any atom is -0.337 e. The Bertz CT molecular complexity index is 5430. The zero-order valence-electron chi connectivity index (χ0n) is 59.4. The molecule has 0 saturated heterocycles. The van der Waals surface area contributed by atoms with Crippen molar-refractivity contribution >= 4 is 103 Å². The summed E-state index contributed by atoms with van der Waals surface area (Å²) in [7, 11) is 0. The van der Waals surface area contributed by atoms with Gasteiger partial charge in [-0.05, 0) is 85.6 Å². The minimum absolute atomic E-state index is 0.119. The fourth-order valence-corrected chi connectivity index (χ4v) is 16.4. The lowest BCUT2D eigenvalue weighted by Crippen LogP contribution is -2.49. The first-order chi connectivity index (χ1) is 53.5. The zero-order chi connectivity index (χ0) is 75.3. The van der Waals surface area contributed by atoms with E-state index in [2.05, 4.69) is 9.97 Å². The zero-order valence-corrected chi connectivity index (χ0v) is 59.4. The maximum atomic E-state index is 14.2. The summed E-state index contributed by atoms with van der Waals surface area (Å²) in [6.07, 6.45) is 36.1. The highest BCUT2D eigenvalue weighted by atomic mass is 16.2.